The van der Waals surface area contributed by atoms with Gasteiger partial charge in [-0.2, -0.15) is 4.98 Å². The number of methoxy groups -OCH3 is 1. The van der Waals surface area contributed by atoms with Gasteiger partial charge in [0.25, 0.3) is 0 Å². The molecule has 0 bridgehead atoms. The van der Waals surface area contributed by atoms with Crippen LogP contribution in [-0.2, 0) is 16.4 Å². The maximum Gasteiger partial charge on any atom is 0.240 e. The van der Waals surface area contributed by atoms with E-state index in [1.54, 1.807) is 25.4 Å². The van der Waals surface area contributed by atoms with Gasteiger partial charge in [0.05, 0.1) is 23.1 Å². The van der Waals surface area contributed by atoms with Crippen LogP contribution in [0.3, 0.4) is 0 Å². The number of hydrogen-bond acceptors (Lipinski definition) is 8. The first kappa shape index (κ1) is 24.9. The molecule has 0 radical (unpaired) electrons. The Kier molecular flexibility index (Phi) is 8.61. The van der Waals surface area contributed by atoms with E-state index in [-0.39, 0.29) is 24.1 Å². The summed E-state index contributed by atoms with van der Waals surface area (Å²) in [4.78, 5) is 8.75. The van der Waals surface area contributed by atoms with Crippen LogP contribution in [0.15, 0.2) is 64.1 Å². The maximum atomic E-state index is 12.6. The molecule has 1 heterocycles. The molecule has 2 aromatic carbocycles. The van der Waals surface area contributed by atoms with Crippen molar-refractivity contribution in [1.29, 1.82) is 0 Å². The summed E-state index contributed by atoms with van der Waals surface area (Å²) in [5.41, 5.74) is 1.64. The van der Waals surface area contributed by atoms with Gasteiger partial charge in [-0.15, -0.1) is 0 Å². The Morgan fingerprint density at radius 3 is 2.45 bits per heavy atom. The van der Waals surface area contributed by atoms with Crippen LogP contribution in [0.25, 0.3) is 0 Å². The molecule has 0 aliphatic rings. The molecule has 11 heteroatoms. The molecule has 4 N–H and O–H groups in total. The zero-order valence-electron chi connectivity index (χ0n) is 18.2. The highest BCUT2D eigenvalue weighted by molar-refractivity contribution is 9.10. The molecule has 3 aromatic rings. The molecule has 0 aliphatic carbocycles. The Morgan fingerprint density at radius 2 is 1.82 bits per heavy atom. The monoisotopic (exact) mass is 535 g/mol. The van der Waals surface area contributed by atoms with Crippen molar-refractivity contribution >= 4 is 43.4 Å². The first-order valence-corrected chi connectivity index (χ1v) is 12.5. The molecule has 0 amide bonds. The summed E-state index contributed by atoms with van der Waals surface area (Å²) in [5.74, 6) is 1.63. The lowest BCUT2D eigenvalue weighted by atomic mass is 10.1. The van der Waals surface area contributed by atoms with Gasteiger partial charge in [0.2, 0.25) is 16.0 Å². The van der Waals surface area contributed by atoms with Crippen molar-refractivity contribution in [2.45, 2.75) is 24.3 Å². The van der Waals surface area contributed by atoms with E-state index in [1.165, 1.54) is 12.1 Å². The van der Waals surface area contributed by atoms with Gasteiger partial charge in [0.15, 0.2) is 0 Å². The van der Waals surface area contributed by atoms with Crippen LogP contribution >= 0.6 is 15.9 Å². The molecule has 1 aromatic heterocycles. The maximum absolute atomic E-state index is 12.6. The summed E-state index contributed by atoms with van der Waals surface area (Å²) in [7, 11) is -2.03. The number of rotatable bonds is 11. The average molecular weight is 536 g/mol. The molecule has 9 nitrogen and oxygen atoms in total. The van der Waals surface area contributed by atoms with Crippen molar-refractivity contribution in [2.75, 3.05) is 30.9 Å². The number of ether oxygens (including phenoxy) is 1. The van der Waals surface area contributed by atoms with E-state index in [0.717, 1.165) is 11.3 Å². The number of benzene rings is 2. The fourth-order valence-electron chi connectivity index (χ4n) is 2.86. The van der Waals surface area contributed by atoms with Gasteiger partial charge in [-0.25, -0.2) is 18.1 Å². The van der Waals surface area contributed by atoms with Gasteiger partial charge in [0.1, 0.15) is 11.6 Å². The van der Waals surface area contributed by atoms with Crippen molar-refractivity contribution in [3.05, 3.63) is 64.8 Å². The Hall–Kier alpha value is -2.73. The van der Waals surface area contributed by atoms with E-state index in [1.807, 2.05) is 31.2 Å². The molecule has 1 atom stereocenters. The third kappa shape index (κ3) is 7.13. The molecule has 0 spiro atoms. The van der Waals surface area contributed by atoms with Crippen molar-refractivity contribution in [3.63, 3.8) is 0 Å². The second kappa shape index (κ2) is 11.4. The van der Waals surface area contributed by atoms with Gasteiger partial charge in [-0.1, -0.05) is 12.1 Å². The molecule has 33 heavy (non-hydrogen) atoms. The van der Waals surface area contributed by atoms with E-state index >= 15 is 0 Å². The van der Waals surface area contributed by atoms with E-state index in [4.69, 9.17) is 4.74 Å². The molecule has 0 aliphatic heterocycles. The highest BCUT2D eigenvalue weighted by Crippen LogP contribution is 2.23. The number of sulfonamides is 1. The summed E-state index contributed by atoms with van der Waals surface area (Å²) in [5, 5.41) is 15.3. The van der Waals surface area contributed by atoms with Gasteiger partial charge in [0, 0.05) is 24.5 Å². The van der Waals surface area contributed by atoms with Gasteiger partial charge in [-0.3, -0.25) is 0 Å². The summed E-state index contributed by atoms with van der Waals surface area (Å²) in [6.07, 6.45) is 2.16. The minimum Gasteiger partial charge on any atom is -0.497 e. The summed E-state index contributed by atoms with van der Waals surface area (Å²) >= 11 is 3.37. The number of nitrogens with zero attached hydrogens (tertiary/aromatic N) is 2. The number of aromatic nitrogens is 2. The number of aliphatic hydroxyl groups is 1. The highest BCUT2D eigenvalue weighted by Gasteiger charge is 2.14. The molecule has 0 unspecified atom stereocenters. The third-order valence-electron chi connectivity index (χ3n) is 4.69. The van der Waals surface area contributed by atoms with Crippen molar-refractivity contribution in [2.24, 2.45) is 0 Å². The minimum absolute atomic E-state index is 0.0384. The second-order valence-corrected chi connectivity index (χ2v) is 9.88. The summed E-state index contributed by atoms with van der Waals surface area (Å²) in [6.45, 7) is 2.07. The Labute approximate surface area is 201 Å². The fraction of sp³-hybridized carbons (Fsp3) is 0.273. The van der Waals surface area contributed by atoms with Crippen LogP contribution < -0.4 is 20.1 Å². The van der Waals surface area contributed by atoms with Crippen molar-refractivity contribution in [3.8, 4) is 5.75 Å². The molecule has 0 saturated heterocycles. The molecular formula is C22H26BrN5O4S. The molecular weight excluding hydrogens is 510 g/mol. The lowest BCUT2D eigenvalue weighted by Crippen LogP contribution is -2.26. The molecule has 3 rings (SSSR count). The topological polar surface area (TPSA) is 125 Å². The molecule has 0 fully saturated rings. The quantitative estimate of drug-likeness (QED) is 0.294. The first-order valence-electron chi connectivity index (χ1n) is 10.2. The van der Waals surface area contributed by atoms with Crippen LogP contribution in [0.4, 0.5) is 17.5 Å². The number of hydrogen-bond donors (Lipinski definition) is 4. The van der Waals surface area contributed by atoms with Crippen molar-refractivity contribution < 1.29 is 18.3 Å². The first-order chi connectivity index (χ1) is 15.8. The van der Waals surface area contributed by atoms with E-state index in [2.05, 4.69) is 41.3 Å². The predicted octanol–water partition coefficient (Wildman–Crippen LogP) is 3.31. The van der Waals surface area contributed by atoms with Crippen LogP contribution in [-0.4, -0.2) is 49.8 Å². The van der Waals surface area contributed by atoms with Crippen LogP contribution in [0.2, 0.25) is 0 Å². The zero-order valence-corrected chi connectivity index (χ0v) is 20.6. The Balaban J connectivity index is 1.60. The Bertz CT molecular complexity index is 1160. The SMILES string of the molecule is COc1ccc(CCNS(=O)(=O)c2ccc(Nc3ncc(Br)c(N[C@H](C)CO)n3)cc2)cc1. The lowest BCUT2D eigenvalue weighted by molar-refractivity contribution is 0.281. The number of halogens is 1. The minimum atomic E-state index is -3.64. The van der Waals surface area contributed by atoms with Crippen LogP contribution in [0.1, 0.15) is 12.5 Å². The number of nitrogens with one attached hydrogen (secondary N) is 3. The van der Waals surface area contributed by atoms with Gasteiger partial charge < -0.3 is 20.5 Å². The van der Waals surface area contributed by atoms with Gasteiger partial charge in [-0.05, 0) is 71.2 Å². The summed E-state index contributed by atoms with van der Waals surface area (Å²) < 4.78 is 33.6. The summed E-state index contributed by atoms with van der Waals surface area (Å²) in [6, 6.07) is 13.7. The Morgan fingerprint density at radius 1 is 1.12 bits per heavy atom. The fourth-order valence-corrected chi connectivity index (χ4v) is 4.20. The number of aliphatic hydroxyl groups excluding tert-OH is 1. The lowest BCUT2D eigenvalue weighted by Gasteiger charge is -2.14. The largest absolute Gasteiger partial charge is 0.497 e. The zero-order chi connectivity index (χ0) is 23.8. The average Bonchev–Trinajstić information content (AvgIpc) is 2.82. The molecule has 176 valence electrons. The second-order valence-electron chi connectivity index (χ2n) is 7.26. The van der Waals surface area contributed by atoms with E-state index in [9.17, 15) is 13.5 Å². The van der Waals surface area contributed by atoms with Crippen molar-refractivity contribution in [1.82, 2.24) is 14.7 Å². The van der Waals surface area contributed by atoms with Gasteiger partial charge >= 0.3 is 0 Å². The van der Waals surface area contributed by atoms with E-state index in [0.29, 0.717) is 28.3 Å². The normalized spacial score (nSPS) is 12.2. The smallest absolute Gasteiger partial charge is 0.240 e. The standard InChI is InChI=1S/C22H26BrN5O4S/c1-15(14-29)26-21-20(23)13-24-22(28-21)27-17-5-9-19(10-6-17)33(30,31)25-12-11-16-3-7-18(32-2)8-4-16/h3-10,13,15,25,29H,11-12,14H2,1-2H3,(H2,24,26,27,28)/t15-/m1/s1. The molecule has 0 saturated carbocycles. The van der Waals surface area contributed by atoms with Crippen LogP contribution in [0.5, 0.6) is 5.75 Å². The number of anilines is 3. The van der Waals surface area contributed by atoms with E-state index < -0.39 is 10.0 Å². The third-order valence-corrected chi connectivity index (χ3v) is 6.74. The predicted molar refractivity (Wildman–Crippen MR) is 132 cm³/mol. The highest BCUT2D eigenvalue weighted by atomic mass is 79.9. The van der Waals surface area contributed by atoms with Crippen LogP contribution in [0, 0.1) is 0 Å².